The van der Waals surface area contributed by atoms with Gasteiger partial charge in [0.2, 0.25) is 5.91 Å². The van der Waals surface area contributed by atoms with Gasteiger partial charge >= 0.3 is 0 Å². The average Bonchev–Trinajstić information content (AvgIpc) is 2.85. The first-order chi connectivity index (χ1) is 9.19. The third-order valence-electron chi connectivity index (χ3n) is 3.47. The molecule has 0 fully saturated rings. The molecule has 4 heteroatoms. The third kappa shape index (κ3) is 4.25. The fraction of sp³-hybridized carbons (Fsp3) is 0.533. The maximum Gasteiger partial charge on any atom is 0.234 e. The molecule has 1 aliphatic rings. The SMILES string of the molecule is CCC(N)CSCC(=O)Nc1ccc2c(c1)CCC2. The van der Waals surface area contributed by atoms with Crippen molar-refractivity contribution in [3.63, 3.8) is 0 Å². The van der Waals surface area contributed by atoms with Crippen molar-refractivity contribution < 1.29 is 4.79 Å². The number of benzene rings is 1. The Morgan fingerprint density at radius 2 is 2.21 bits per heavy atom. The van der Waals surface area contributed by atoms with Gasteiger partial charge in [-0.15, -0.1) is 0 Å². The second-order valence-corrected chi connectivity index (χ2v) is 6.10. The number of carbonyl (C=O) groups is 1. The molecule has 2 rings (SSSR count). The van der Waals surface area contributed by atoms with Crippen LogP contribution in [0.2, 0.25) is 0 Å². The van der Waals surface area contributed by atoms with E-state index in [-0.39, 0.29) is 11.9 Å². The van der Waals surface area contributed by atoms with Crippen molar-refractivity contribution in [2.45, 2.75) is 38.6 Å². The summed E-state index contributed by atoms with van der Waals surface area (Å²) in [5.74, 6) is 1.38. The van der Waals surface area contributed by atoms with E-state index in [1.165, 1.54) is 24.0 Å². The summed E-state index contributed by atoms with van der Waals surface area (Å²) in [5.41, 5.74) is 9.56. The van der Waals surface area contributed by atoms with Gasteiger partial charge in [0.25, 0.3) is 0 Å². The summed E-state index contributed by atoms with van der Waals surface area (Å²) in [6.45, 7) is 2.07. The van der Waals surface area contributed by atoms with Crippen LogP contribution in [0.1, 0.15) is 30.9 Å². The van der Waals surface area contributed by atoms with Crippen LogP contribution in [0.5, 0.6) is 0 Å². The second kappa shape index (κ2) is 6.96. The molecule has 0 heterocycles. The normalized spacial score (nSPS) is 15.1. The maximum atomic E-state index is 11.8. The predicted octanol–water partition coefficient (Wildman–Crippen LogP) is 2.58. The van der Waals surface area contributed by atoms with Gasteiger partial charge in [-0.25, -0.2) is 0 Å². The molecule has 0 aromatic heterocycles. The van der Waals surface area contributed by atoms with E-state index in [4.69, 9.17) is 5.73 Å². The Morgan fingerprint density at radius 3 is 3.00 bits per heavy atom. The van der Waals surface area contributed by atoms with E-state index in [0.717, 1.165) is 24.3 Å². The Bertz CT molecular complexity index is 448. The lowest BCUT2D eigenvalue weighted by molar-refractivity contribution is -0.113. The van der Waals surface area contributed by atoms with E-state index in [1.54, 1.807) is 11.8 Å². The van der Waals surface area contributed by atoms with Gasteiger partial charge in [0.15, 0.2) is 0 Å². The summed E-state index contributed by atoms with van der Waals surface area (Å²) in [4.78, 5) is 11.8. The number of nitrogens with one attached hydrogen (secondary N) is 1. The number of thioether (sulfide) groups is 1. The molecule has 104 valence electrons. The van der Waals surface area contributed by atoms with Crippen LogP contribution in [0.4, 0.5) is 5.69 Å². The molecule has 1 aliphatic carbocycles. The Hall–Kier alpha value is -1.00. The monoisotopic (exact) mass is 278 g/mol. The molecule has 19 heavy (non-hydrogen) atoms. The molecule has 1 aromatic carbocycles. The second-order valence-electron chi connectivity index (χ2n) is 5.07. The highest BCUT2D eigenvalue weighted by Gasteiger charge is 2.12. The van der Waals surface area contributed by atoms with Gasteiger partial charge in [0, 0.05) is 17.5 Å². The van der Waals surface area contributed by atoms with Crippen molar-refractivity contribution in [1.29, 1.82) is 0 Å². The van der Waals surface area contributed by atoms with Gasteiger partial charge in [-0.1, -0.05) is 13.0 Å². The first kappa shape index (κ1) is 14.4. The van der Waals surface area contributed by atoms with Gasteiger partial charge < -0.3 is 11.1 Å². The van der Waals surface area contributed by atoms with E-state index >= 15 is 0 Å². The zero-order chi connectivity index (χ0) is 13.7. The van der Waals surface area contributed by atoms with Crippen LogP contribution in [-0.2, 0) is 17.6 Å². The van der Waals surface area contributed by atoms with Gasteiger partial charge in [0.1, 0.15) is 0 Å². The van der Waals surface area contributed by atoms with Gasteiger partial charge in [-0.2, -0.15) is 11.8 Å². The molecule has 0 saturated heterocycles. The van der Waals surface area contributed by atoms with Crippen molar-refractivity contribution in [2.24, 2.45) is 5.73 Å². The van der Waals surface area contributed by atoms with Crippen molar-refractivity contribution in [2.75, 3.05) is 16.8 Å². The molecule has 1 aromatic rings. The first-order valence-corrected chi connectivity index (χ1v) is 8.09. The quantitative estimate of drug-likeness (QED) is 0.841. The van der Waals surface area contributed by atoms with Gasteiger partial charge in [-0.3, -0.25) is 4.79 Å². The highest BCUT2D eigenvalue weighted by atomic mass is 32.2. The van der Waals surface area contributed by atoms with Crippen molar-refractivity contribution in [3.8, 4) is 0 Å². The Morgan fingerprint density at radius 1 is 1.42 bits per heavy atom. The minimum Gasteiger partial charge on any atom is -0.327 e. The fourth-order valence-electron chi connectivity index (χ4n) is 2.27. The number of rotatable bonds is 6. The number of carbonyl (C=O) groups excluding carboxylic acids is 1. The predicted molar refractivity (Wildman–Crippen MR) is 82.7 cm³/mol. The molecule has 1 amide bonds. The van der Waals surface area contributed by atoms with E-state index < -0.39 is 0 Å². The molecular weight excluding hydrogens is 256 g/mol. The lowest BCUT2D eigenvalue weighted by Crippen LogP contribution is -2.23. The van der Waals surface area contributed by atoms with Crippen LogP contribution in [-0.4, -0.2) is 23.5 Å². The average molecular weight is 278 g/mol. The standard InChI is InChI=1S/C15H22N2OS/c1-2-13(16)9-19-10-15(18)17-14-7-6-11-4-3-5-12(11)8-14/h6-8,13H,2-5,9-10,16H2,1H3,(H,17,18). The van der Waals surface area contributed by atoms with Crippen molar-refractivity contribution in [3.05, 3.63) is 29.3 Å². The summed E-state index contributed by atoms with van der Waals surface area (Å²) in [6.07, 6.45) is 4.50. The zero-order valence-corrected chi connectivity index (χ0v) is 12.3. The minimum atomic E-state index is 0.0613. The first-order valence-electron chi connectivity index (χ1n) is 6.94. The summed E-state index contributed by atoms with van der Waals surface area (Å²) >= 11 is 1.60. The number of hydrogen-bond acceptors (Lipinski definition) is 3. The Kier molecular flexibility index (Phi) is 5.28. The van der Waals surface area contributed by atoms with Crippen LogP contribution in [0.15, 0.2) is 18.2 Å². The molecule has 1 atom stereocenters. The molecule has 0 saturated carbocycles. The van der Waals surface area contributed by atoms with E-state index in [2.05, 4.69) is 24.4 Å². The molecule has 0 bridgehead atoms. The summed E-state index contributed by atoms with van der Waals surface area (Å²) in [6, 6.07) is 6.45. The lowest BCUT2D eigenvalue weighted by atomic mass is 10.1. The topological polar surface area (TPSA) is 55.1 Å². The summed E-state index contributed by atoms with van der Waals surface area (Å²) in [5, 5.41) is 2.96. The highest BCUT2D eigenvalue weighted by molar-refractivity contribution is 8.00. The zero-order valence-electron chi connectivity index (χ0n) is 11.4. The van der Waals surface area contributed by atoms with Crippen molar-refractivity contribution in [1.82, 2.24) is 0 Å². The van der Waals surface area contributed by atoms with E-state index in [1.807, 2.05) is 6.07 Å². The van der Waals surface area contributed by atoms with Crippen molar-refractivity contribution >= 4 is 23.4 Å². The maximum absolute atomic E-state index is 11.8. The van der Waals surface area contributed by atoms with Gasteiger partial charge in [0.05, 0.1) is 5.75 Å². The van der Waals surface area contributed by atoms with Crippen LogP contribution < -0.4 is 11.1 Å². The molecule has 0 spiro atoms. The number of aryl methyl sites for hydroxylation is 2. The number of anilines is 1. The molecule has 1 unspecified atom stereocenters. The smallest absolute Gasteiger partial charge is 0.234 e. The largest absolute Gasteiger partial charge is 0.327 e. The molecule has 3 nitrogen and oxygen atoms in total. The number of nitrogens with two attached hydrogens (primary N) is 1. The molecule has 3 N–H and O–H groups in total. The third-order valence-corrected chi connectivity index (χ3v) is 4.60. The lowest BCUT2D eigenvalue weighted by Gasteiger charge is -2.09. The van der Waals surface area contributed by atoms with Crippen LogP contribution in [0.3, 0.4) is 0 Å². The van der Waals surface area contributed by atoms with Crippen LogP contribution in [0, 0.1) is 0 Å². The number of hydrogen-bond donors (Lipinski definition) is 2. The molecule has 0 radical (unpaired) electrons. The fourth-order valence-corrected chi connectivity index (χ4v) is 3.18. The van der Waals surface area contributed by atoms with Crippen LogP contribution >= 0.6 is 11.8 Å². The van der Waals surface area contributed by atoms with Crippen LogP contribution in [0.25, 0.3) is 0 Å². The number of amides is 1. The molecule has 0 aliphatic heterocycles. The highest BCUT2D eigenvalue weighted by Crippen LogP contribution is 2.24. The Balaban J connectivity index is 1.79. The summed E-state index contributed by atoms with van der Waals surface area (Å²) < 4.78 is 0. The van der Waals surface area contributed by atoms with E-state index in [9.17, 15) is 4.79 Å². The molecular formula is C15H22N2OS. The number of fused-ring (bicyclic) bond motifs is 1. The van der Waals surface area contributed by atoms with E-state index in [0.29, 0.717) is 5.75 Å². The Labute approximate surface area is 119 Å². The minimum absolute atomic E-state index is 0.0613. The van der Waals surface area contributed by atoms with Gasteiger partial charge in [-0.05, 0) is 48.9 Å². The summed E-state index contributed by atoms with van der Waals surface area (Å²) in [7, 11) is 0.